The summed E-state index contributed by atoms with van der Waals surface area (Å²) in [7, 11) is 3.60. The lowest BCUT2D eigenvalue weighted by atomic mass is 10.2. The zero-order chi connectivity index (χ0) is 14.8. The molecule has 0 amide bonds. The Morgan fingerprint density at radius 1 is 1.19 bits per heavy atom. The van der Waals surface area contributed by atoms with Crippen LogP contribution < -0.4 is 9.64 Å². The van der Waals surface area contributed by atoms with Crippen molar-refractivity contribution in [3.8, 4) is 5.75 Å². The molecule has 0 saturated heterocycles. The number of nitrogens with zero attached hydrogens (tertiary/aromatic N) is 4. The Bertz CT molecular complexity index is 769. The van der Waals surface area contributed by atoms with Gasteiger partial charge in [0.2, 0.25) is 5.89 Å². The standard InChI is InChI=1S/C15H16N4O2/c1-10-16-14(18-21-10)9-19(2)15-7-4-11-8-12(20-3)5-6-13(11)17-15/h4-8H,9H2,1-3H3. The van der Waals surface area contributed by atoms with E-state index in [4.69, 9.17) is 9.26 Å². The Kier molecular flexibility index (Phi) is 3.43. The van der Waals surface area contributed by atoms with E-state index in [1.54, 1.807) is 14.0 Å². The van der Waals surface area contributed by atoms with E-state index in [0.29, 0.717) is 18.3 Å². The van der Waals surface area contributed by atoms with E-state index in [0.717, 1.165) is 22.5 Å². The second-order valence-corrected chi connectivity index (χ2v) is 4.81. The highest BCUT2D eigenvalue weighted by molar-refractivity contribution is 5.81. The molecule has 0 N–H and O–H groups in total. The second kappa shape index (κ2) is 5.40. The summed E-state index contributed by atoms with van der Waals surface area (Å²) in [5, 5.41) is 4.94. The van der Waals surface area contributed by atoms with Crippen LogP contribution >= 0.6 is 0 Å². The molecule has 3 aromatic rings. The van der Waals surface area contributed by atoms with Crippen molar-refractivity contribution in [1.82, 2.24) is 15.1 Å². The number of fused-ring (bicyclic) bond motifs is 1. The largest absolute Gasteiger partial charge is 0.497 e. The number of ether oxygens (including phenoxy) is 1. The Morgan fingerprint density at radius 2 is 2.05 bits per heavy atom. The van der Waals surface area contributed by atoms with Gasteiger partial charge in [-0.15, -0.1) is 0 Å². The molecule has 0 fully saturated rings. The lowest BCUT2D eigenvalue weighted by molar-refractivity contribution is 0.387. The Labute approximate surface area is 122 Å². The van der Waals surface area contributed by atoms with Crippen molar-refractivity contribution in [3.05, 3.63) is 42.0 Å². The maximum atomic E-state index is 5.22. The molecule has 0 aliphatic carbocycles. The molecule has 0 unspecified atom stereocenters. The van der Waals surface area contributed by atoms with Crippen LogP contribution in [0.25, 0.3) is 10.9 Å². The topological polar surface area (TPSA) is 64.3 Å². The molecular formula is C15H16N4O2. The lowest BCUT2D eigenvalue weighted by Gasteiger charge is -2.16. The molecule has 0 radical (unpaired) electrons. The van der Waals surface area contributed by atoms with Gasteiger partial charge in [-0.25, -0.2) is 4.98 Å². The Morgan fingerprint density at radius 3 is 2.76 bits per heavy atom. The van der Waals surface area contributed by atoms with E-state index in [1.807, 2.05) is 42.3 Å². The smallest absolute Gasteiger partial charge is 0.223 e. The van der Waals surface area contributed by atoms with Gasteiger partial charge in [-0.05, 0) is 30.3 Å². The van der Waals surface area contributed by atoms with Gasteiger partial charge < -0.3 is 14.2 Å². The summed E-state index contributed by atoms with van der Waals surface area (Å²) < 4.78 is 10.2. The maximum Gasteiger partial charge on any atom is 0.223 e. The molecule has 0 aliphatic rings. The Balaban J connectivity index is 1.86. The molecule has 21 heavy (non-hydrogen) atoms. The van der Waals surface area contributed by atoms with Gasteiger partial charge in [0.1, 0.15) is 11.6 Å². The predicted octanol–water partition coefficient (Wildman–Crippen LogP) is 2.57. The number of aromatic nitrogens is 3. The first-order chi connectivity index (χ1) is 10.2. The number of benzene rings is 1. The molecule has 2 aromatic heterocycles. The van der Waals surface area contributed by atoms with Crippen LogP contribution in [0.5, 0.6) is 5.75 Å². The van der Waals surface area contributed by atoms with Crippen LogP contribution in [0.4, 0.5) is 5.82 Å². The predicted molar refractivity (Wildman–Crippen MR) is 79.4 cm³/mol. The fraction of sp³-hybridized carbons (Fsp3) is 0.267. The number of hydrogen-bond donors (Lipinski definition) is 0. The van der Waals surface area contributed by atoms with Gasteiger partial charge in [0.25, 0.3) is 0 Å². The highest BCUT2D eigenvalue weighted by Gasteiger charge is 2.09. The van der Waals surface area contributed by atoms with Gasteiger partial charge in [0.15, 0.2) is 5.82 Å². The summed E-state index contributed by atoms with van der Waals surface area (Å²) in [6.07, 6.45) is 0. The van der Waals surface area contributed by atoms with Crippen LogP contribution in [0.2, 0.25) is 0 Å². The molecule has 0 saturated carbocycles. The Hall–Kier alpha value is -2.63. The number of hydrogen-bond acceptors (Lipinski definition) is 6. The molecule has 108 valence electrons. The summed E-state index contributed by atoms with van der Waals surface area (Å²) in [4.78, 5) is 10.8. The fourth-order valence-electron chi connectivity index (χ4n) is 2.13. The third-order valence-corrected chi connectivity index (χ3v) is 3.22. The van der Waals surface area contributed by atoms with Crippen LogP contribution in [0.15, 0.2) is 34.9 Å². The molecule has 2 heterocycles. The van der Waals surface area contributed by atoms with Gasteiger partial charge in [0, 0.05) is 19.4 Å². The number of anilines is 1. The minimum atomic E-state index is 0.548. The lowest BCUT2D eigenvalue weighted by Crippen LogP contribution is -2.18. The SMILES string of the molecule is COc1ccc2nc(N(C)Cc3noc(C)n3)ccc2c1. The van der Waals surface area contributed by atoms with Crippen LogP contribution in [0.1, 0.15) is 11.7 Å². The molecule has 0 aliphatic heterocycles. The number of aryl methyl sites for hydroxylation is 1. The third kappa shape index (κ3) is 2.79. The van der Waals surface area contributed by atoms with Gasteiger partial charge in [0.05, 0.1) is 19.2 Å². The summed E-state index contributed by atoms with van der Waals surface area (Å²) in [6, 6.07) is 9.81. The average molecular weight is 284 g/mol. The normalized spacial score (nSPS) is 10.8. The zero-order valence-corrected chi connectivity index (χ0v) is 12.2. The first-order valence-electron chi connectivity index (χ1n) is 6.61. The van der Waals surface area contributed by atoms with Crippen molar-refractivity contribution in [3.63, 3.8) is 0 Å². The van der Waals surface area contributed by atoms with Gasteiger partial charge in [-0.2, -0.15) is 4.98 Å². The third-order valence-electron chi connectivity index (χ3n) is 3.22. The highest BCUT2D eigenvalue weighted by atomic mass is 16.5. The molecule has 0 bridgehead atoms. The first-order valence-corrected chi connectivity index (χ1v) is 6.61. The number of rotatable bonds is 4. The van der Waals surface area contributed by atoms with E-state index in [9.17, 15) is 0 Å². The quantitative estimate of drug-likeness (QED) is 0.733. The molecule has 1 aromatic carbocycles. The molecule has 0 atom stereocenters. The van der Waals surface area contributed by atoms with Crippen molar-refractivity contribution in [2.24, 2.45) is 0 Å². The minimum absolute atomic E-state index is 0.548. The zero-order valence-electron chi connectivity index (χ0n) is 12.2. The van der Waals surface area contributed by atoms with E-state index in [1.165, 1.54) is 0 Å². The highest BCUT2D eigenvalue weighted by Crippen LogP contribution is 2.22. The van der Waals surface area contributed by atoms with Gasteiger partial charge in [-0.1, -0.05) is 5.16 Å². The maximum absolute atomic E-state index is 5.22. The van der Waals surface area contributed by atoms with Crippen LogP contribution in [-0.2, 0) is 6.54 Å². The van der Waals surface area contributed by atoms with Crippen LogP contribution in [0, 0.1) is 6.92 Å². The van der Waals surface area contributed by atoms with E-state index in [2.05, 4.69) is 15.1 Å². The van der Waals surface area contributed by atoms with Crippen LogP contribution in [-0.4, -0.2) is 29.3 Å². The average Bonchev–Trinajstić information content (AvgIpc) is 2.91. The number of methoxy groups -OCH3 is 1. The molecule has 6 heteroatoms. The van der Waals surface area contributed by atoms with Crippen molar-refractivity contribution < 1.29 is 9.26 Å². The fourth-order valence-corrected chi connectivity index (χ4v) is 2.13. The molecule has 3 rings (SSSR count). The summed E-state index contributed by atoms with van der Waals surface area (Å²) >= 11 is 0. The van der Waals surface area contributed by atoms with E-state index < -0.39 is 0 Å². The summed E-state index contributed by atoms with van der Waals surface area (Å²) in [5.41, 5.74) is 0.921. The van der Waals surface area contributed by atoms with Crippen molar-refractivity contribution in [2.75, 3.05) is 19.1 Å². The molecule has 0 spiro atoms. The molecular weight excluding hydrogens is 268 g/mol. The van der Waals surface area contributed by atoms with Crippen molar-refractivity contribution in [2.45, 2.75) is 13.5 Å². The second-order valence-electron chi connectivity index (χ2n) is 4.81. The van der Waals surface area contributed by atoms with E-state index >= 15 is 0 Å². The summed E-state index contributed by atoms with van der Waals surface area (Å²) in [5.74, 6) is 2.89. The van der Waals surface area contributed by atoms with Gasteiger partial charge >= 0.3 is 0 Å². The van der Waals surface area contributed by atoms with Crippen molar-refractivity contribution in [1.29, 1.82) is 0 Å². The van der Waals surface area contributed by atoms with Crippen LogP contribution in [0.3, 0.4) is 0 Å². The number of pyridine rings is 1. The van der Waals surface area contributed by atoms with Crippen molar-refractivity contribution >= 4 is 16.7 Å². The van der Waals surface area contributed by atoms with E-state index in [-0.39, 0.29) is 0 Å². The molecule has 6 nitrogen and oxygen atoms in total. The monoisotopic (exact) mass is 284 g/mol. The minimum Gasteiger partial charge on any atom is -0.497 e. The first kappa shape index (κ1) is 13.4. The summed E-state index contributed by atoms with van der Waals surface area (Å²) in [6.45, 7) is 2.32. The van der Waals surface area contributed by atoms with Gasteiger partial charge in [-0.3, -0.25) is 0 Å².